The average Bonchev–Trinajstić information content (AvgIpc) is 2.55. The SMILES string of the molecule is COc1cc([N+](=O)[O-])ccc1NC(=O)c1ccc(C#N)cc1. The van der Waals surface area contributed by atoms with Crippen LogP contribution in [0.25, 0.3) is 0 Å². The van der Waals surface area contributed by atoms with Crippen molar-refractivity contribution in [3.63, 3.8) is 0 Å². The lowest BCUT2D eigenvalue weighted by Gasteiger charge is -2.10. The van der Waals surface area contributed by atoms with Gasteiger partial charge in [0, 0.05) is 11.6 Å². The molecular weight excluding hydrogens is 286 g/mol. The minimum Gasteiger partial charge on any atom is -0.494 e. The number of nitro benzene ring substituents is 1. The standard InChI is InChI=1S/C15H11N3O4/c1-22-14-8-12(18(20)21)6-7-13(14)17-15(19)11-4-2-10(9-16)3-5-11/h2-8H,1H3,(H,17,19). The lowest BCUT2D eigenvalue weighted by atomic mass is 10.1. The number of amides is 1. The highest BCUT2D eigenvalue weighted by molar-refractivity contribution is 6.05. The lowest BCUT2D eigenvalue weighted by Crippen LogP contribution is -2.12. The molecule has 2 aromatic rings. The first kappa shape index (κ1) is 15.0. The maximum absolute atomic E-state index is 12.1. The first-order chi connectivity index (χ1) is 10.5. The molecule has 0 saturated heterocycles. The maximum atomic E-state index is 12.1. The van der Waals surface area contributed by atoms with E-state index in [4.69, 9.17) is 10.00 Å². The molecule has 0 aliphatic rings. The fraction of sp³-hybridized carbons (Fsp3) is 0.0667. The van der Waals surface area contributed by atoms with Gasteiger partial charge in [0.15, 0.2) is 0 Å². The van der Waals surface area contributed by atoms with Gasteiger partial charge in [0.1, 0.15) is 5.75 Å². The van der Waals surface area contributed by atoms with E-state index in [-0.39, 0.29) is 11.4 Å². The molecule has 0 fully saturated rings. The number of hydrogen-bond donors (Lipinski definition) is 1. The van der Waals surface area contributed by atoms with E-state index in [1.165, 1.54) is 49.6 Å². The van der Waals surface area contributed by atoms with Gasteiger partial charge in [0.2, 0.25) is 0 Å². The molecule has 7 nitrogen and oxygen atoms in total. The number of hydrogen-bond acceptors (Lipinski definition) is 5. The Morgan fingerprint density at radius 2 is 1.95 bits per heavy atom. The summed E-state index contributed by atoms with van der Waals surface area (Å²) < 4.78 is 5.05. The molecule has 2 aromatic carbocycles. The predicted molar refractivity (Wildman–Crippen MR) is 78.8 cm³/mol. The minimum absolute atomic E-state index is 0.131. The molecule has 0 spiro atoms. The largest absolute Gasteiger partial charge is 0.494 e. The Labute approximate surface area is 125 Å². The summed E-state index contributed by atoms with van der Waals surface area (Å²) in [5.41, 5.74) is 1.000. The van der Waals surface area contributed by atoms with E-state index in [0.717, 1.165) is 0 Å². The number of nitrogens with zero attached hydrogens (tertiary/aromatic N) is 2. The van der Waals surface area contributed by atoms with Crippen LogP contribution in [0.15, 0.2) is 42.5 Å². The van der Waals surface area contributed by atoms with E-state index in [1.54, 1.807) is 0 Å². The van der Waals surface area contributed by atoms with Crippen LogP contribution in [0.3, 0.4) is 0 Å². The van der Waals surface area contributed by atoms with E-state index in [2.05, 4.69) is 5.32 Å². The number of carbonyl (C=O) groups excluding carboxylic acids is 1. The summed E-state index contributed by atoms with van der Waals surface area (Å²) in [6.07, 6.45) is 0. The van der Waals surface area contributed by atoms with Crippen LogP contribution in [0.5, 0.6) is 5.75 Å². The average molecular weight is 297 g/mol. The number of non-ortho nitro benzene ring substituents is 1. The number of carbonyl (C=O) groups is 1. The van der Waals surface area contributed by atoms with Crippen LogP contribution in [0.2, 0.25) is 0 Å². The van der Waals surface area contributed by atoms with Gasteiger partial charge in [-0.15, -0.1) is 0 Å². The Morgan fingerprint density at radius 3 is 2.50 bits per heavy atom. The summed E-state index contributed by atoms with van der Waals surface area (Å²) in [5.74, 6) is -0.215. The van der Waals surface area contributed by atoms with Crippen LogP contribution in [0.4, 0.5) is 11.4 Å². The maximum Gasteiger partial charge on any atom is 0.273 e. The fourth-order valence-electron chi connectivity index (χ4n) is 1.79. The van der Waals surface area contributed by atoms with Crippen molar-refractivity contribution >= 4 is 17.3 Å². The number of anilines is 1. The fourth-order valence-corrected chi connectivity index (χ4v) is 1.79. The van der Waals surface area contributed by atoms with Crippen LogP contribution in [-0.4, -0.2) is 17.9 Å². The molecular formula is C15H11N3O4. The van der Waals surface area contributed by atoms with Crippen LogP contribution >= 0.6 is 0 Å². The smallest absolute Gasteiger partial charge is 0.273 e. The number of benzene rings is 2. The molecule has 0 saturated carbocycles. The molecule has 0 heterocycles. The van der Waals surface area contributed by atoms with Gasteiger partial charge in [0.25, 0.3) is 11.6 Å². The second-order valence-electron chi connectivity index (χ2n) is 4.28. The van der Waals surface area contributed by atoms with Crippen molar-refractivity contribution in [2.45, 2.75) is 0 Å². The number of nitro groups is 1. The van der Waals surface area contributed by atoms with E-state index in [9.17, 15) is 14.9 Å². The highest BCUT2D eigenvalue weighted by Gasteiger charge is 2.14. The van der Waals surface area contributed by atoms with Crippen molar-refractivity contribution < 1.29 is 14.5 Å². The van der Waals surface area contributed by atoms with Gasteiger partial charge in [-0.3, -0.25) is 14.9 Å². The van der Waals surface area contributed by atoms with E-state index >= 15 is 0 Å². The summed E-state index contributed by atoms with van der Waals surface area (Å²) in [6, 6.07) is 12.0. The first-order valence-electron chi connectivity index (χ1n) is 6.19. The lowest BCUT2D eigenvalue weighted by molar-refractivity contribution is -0.384. The quantitative estimate of drug-likeness (QED) is 0.690. The van der Waals surface area contributed by atoms with Gasteiger partial charge in [0.05, 0.1) is 35.4 Å². The third-order valence-electron chi connectivity index (χ3n) is 2.92. The van der Waals surface area contributed by atoms with Gasteiger partial charge in [-0.05, 0) is 30.3 Å². The third-order valence-corrected chi connectivity index (χ3v) is 2.92. The molecule has 0 bridgehead atoms. The van der Waals surface area contributed by atoms with E-state index in [1.807, 2.05) is 6.07 Å². The van der Waals surface area contributed by atoms with Gasteiger partial charge in [-0.1, -0.05) is 0 Å². The molecule has 0 radical (unpaired) electrons. The summed E-state index contributed by atoms with van der Waals surface area (Å²) in [7, 11) is 1.36. The third kappa shape index (κ3) is 3.19. The Balaban J connectivity index is 2.24. The summed E-state index contributed by atoms with van der Waals surface area (Å²) in [4.78, 5) is 22.3. The van der Waals surface area contributed by atoms with Crippen molar-refractivity contribution in [3.05, 3.63) is 63.7 Å². The molecule has 110 valence electrons. The Kier molecular flexibility index (Phi) is 4.34. The number of nitrogens with one attached hydrogen (secondary N) is 1. The zero-order chi connectivity index (χ0) is 16.1. The normalized spacial score (nSPS) is 9.64. The molecule has 0 unspecified atom stereocenters. The van der Waals surface area contributed by atoms with Crippen LogP contribution < -0.4 is 10.1 Å². The van der Waals surface area contributed by atoms with E-state index < -0.39 is 10.8 Å². The van der Waals surface area contributed by atoms with Gasteiger partial charge in [-0.2, -0.15) is 5.26 Å². The van der Waals surface area contributed by atoms with Crippen LogP contribution in [-0.2, 0) is 0 Å². The molecule has 0 aliphatic heterocycles. The van der Waals surface area contributed by atoms with Crippen molar-refractivity contribution in [2.75, 3.05) is 12.4 Å². The first-order valence-corrected chi connectivity index (χ1v) is 6.19. The van der Waals surface area contributed by atoms with Gasteiger partial charge < -0.3 is 10.1 Å². The number of nitriles is 1. The molecule has 0 atom stereocenters. The molecule has 1 N–H and O–H groups in total. The monoisotopic (exact) mass is 297 g/mol. The van der Waals surface area contributed by atoms with Gasteiger partial charge in [-0.25, -0.2) is 0 Å². The second-order valence-corrected chi connectivity index (χ2v) is 4.28. The summed E-state index contributed by atoms with van der Waals surface area (Å²) in [5, 5.41) is 22.1. The number of ether oxygens (including phenoxy) is 1. The molecule has 0 aromatic heterocycles. The van der Waals surface area contributed by atoms with Crippen LogP contribution in [0.1, 0.15) is 15.9 Å². The highest BCUT2D eigenvalue weighted by Crippen LogP contribution is 2.29. The minimum atomic E-state index is -0.547. The molecule has 22 heavy (non-hydrogen) atoms. The Hall–Kier alpha value is -3.40. The highest BCUT2D eigenvalue weighted by atomic mass is 16.6. The number of rotatable bonds is 4. The molecule has 7 heteroatoms. The van der Waals surface area contributed by atoms with Crippen LogP contribution in [0, 0.1) is 21.4 Å². The topological polar surface area (TPSA) is 105 Å². The number of methoxy groups -OCH3 is 1. The van der Waals surface area contributed by atoms with Crippen molar-refractivity contribution in [3.8, 4) is 11.8 Å². The van der Waals surface area contributed by atoms with Gasteiger partial charge >= 0.3 is 0 Å². The summed E-state index contributed by atoms with van der Waals surface area (Å²) in [6.45, 7) is 0. The Bertz CT molecular complexity index is 763. The van der Waals surface area contributed by atoms with Crippen molar-refractivity contribution in [2.24, 2.45) is 0 Å². The summed E-state index contributed by atoms with van der Waals surface area (Å²) >= 11 is 0. The Morgan fingerprint density at radius 1 is 1.27 bits per heavy atom. The molecule has 1 amide bonds. The molecule has 0 aliphatic carbocycles. The second kappa shape index (κ2) is 6.37. The zero-order valence-electron chi connectivity index (χ0n) is 11.6. The zero-order valence-corrected chi connectivity index (χ0v) is 11.6. The molecule has 2 rings (SSSR count). The van der Waals surface area contributed by atoms with Crippen molar-refractivity contribution in [1.82, 2.24) is 0 Å². The predicted octanol–water partition coefficient (Wildman–Crippen LogP) is 2.73. The van der Waals surface area contributed by atoms with E-state index in [0.29, 0.717) is 16.8 Å². The van der Waals surface area contributed by atoms with Crippen molar-refractivity contribution in [1.29, 1.82) is 5.26 Å².